The lowest BCUT2D eigenvalue weighted by atomic mass is 10.0. The number of amides is 1. The van der Waals surface area contributed by atoms with Crippen LogP contribution in [0.3, 0.4) is 0 Å². The van der Waals surface area contributed by atoms with Gasteiger partial charge in [0.25, 0.3) is 5.91 Å². The van der Waals surface area contributed by atoms with Crippen LogP contribution in [0.25, 0.3) is 11.0 Å². The van der Waals surface area contributed by atoms with Crippen LogP contribution >= 0.6 is 0 Å². The molecule has 0 saturated heterocycles. The van der Waals surface area contributed by atoms with Gasteiger partial charge in [0, 0.05) is 37.3 Å². The number of carbonyl (C=O) groups excluding carboxylic acids is 1. The number of carboxylic acid groups (broad SMARTS) is 1. The number of carbonyl (C=O) groups is 2. The lowest BCUT2D eigenvalue weighted by Gasteiger charge is -2.24. The molecule has 0 saturated carbocycles. The maximum Gasteiger partial charge on any atom is 0.349 e. The zero-order valence-corrected chi connectivity index (χ0v) is 25.4. The molecule has 1 N–H and O–H groups in total. The molecule has 0 aliphatic heterocycles. The number of aliphatic carboxylic acids is 1. The van der Waals surface area contributed by atoms with Gasteiger partial charge in [-0.1, -0.05) is 96.8 Å². The fraction of sp³-hybridized carbons (Fsp3) is 0.667. The maximum absolute atomic E-state index is 13.2. The molecule has 0 spiro atoms. The van der Waals surface area contributed by atoms with Crippen molar-refractivity contribution in [3.05, 3.63) is 40.2 Å². The van der Waals surface area contributed by atoms with E-state index < -0.39 is 23.5 Å². The Balaban J connectivity index is 1.80. The number of nitrogens with zero attached hydrogens (tertiary/aromatic N) is 2. The number of unbranched alkanes of at least 4 members (excludes halogenated alkanes) is 13. The van der Waals surface area contributed by atoms with E-state index in [0.717, 1.165) is 44.5 Å². The van der Waals surface area contributed by atoms with Crippen molar-refractivity contribution in [1.29, 1.82) is 0 Å². The summed E-state index contributed by atoms with van der Waals surface area (Å²) < 4.78 is 5.49. The van der Waals surface area contributed by atoms with Gasteiger partial charge in [-0.25, -0.2) is 9.59 Å². The van der Waals surface area contributed by atoms with Gasteiger partial charge in [-0.15, -0.1) is 0 Å². The van der Waals surface area contributed by atoms with E-state index in [1.54, 1.807) is 6.07 Å². The molecule has 1 atom stereocenters. The zero-order chi connectivity index (χ0) is 29.3. The van der Waals surface area contributed by atoms with Gasteiger partial charge in [0.15, 0.2) is 0 Å². The fourth-order valence-corrected chi connectivity index (χ4v) is 5.38. The molecule has 0 aliphatic carbocycles. The van der Waals surface area contributed by atoms with E-state index in [1.807, 2.05) is 12.1 Å². The first-order chi connectivity index (χ1) is 19.3. The summed E-state index contributed by atoms with van der Waals surface area (Å²) in [7, 11) is 1.46. The highest BCUT2D eigenvalue weighted by atomic mass is 16.4. The van der Waals surface area contributed by atoms with Gasteiger partial charge in [0.1, 0.15) is 17.2 Å². The van der Waals surface area contributed by atoms with Gasteiger partial charge >= 0.3 is 11.6 Å². The van der Waals surface area contributed by atoms with Crippen LogP contribution in [-0.2, 0) is 4.79 Å². The Kier molecular flexibility index (Phi) is 15.4. The van der Waals surface area contributed by atoms with Gasteiger partial charge in [-0.05, 0) is 38.5 Å². The van der Waals surface area contributed by atoms with Crippen molar-refractivity contribution < 1.29 is 19.1 Å². The van der Waals surface area contributed by atoms with E-state index in [-0.39, 0.29) is 5.56 Å². The van der Waals surface area contributed by atoms with Gasteiger partial charge in [0.2, 0.25) is 0 Å². The summed E-state index contributed by atoms with van der Waals surface area (Å²) in [6.45, 7) is 8.01. The number of carboxylic acids is 1. The van der Waals surface area contributed by atoms with Crippen molar-refractivity contribution in [2.24, 2.45) is 0 Å². The summed E-state index contributed by atoms with van der Waals surface area (Å²) in [5.41, 5.74) is 0.459. The van der Waals surface area contributed by atoms with Crippen molar-refractivity contribution in [2.45, 2.75) is 123 Å². The quantitative estimate of drug-likeness (QED) is 0.124. The minimum absolute atomic E-state index is 0.141. The number of rotatable bonds is 21. The minimum Gasteiger partial charge on any atom is -0.480 e. The second-order valence-electron chi connectivity index (χ2n) is 11.0. The molecule has 0 fully saturated rings. The molecule has 40 heavy (non-hydrogen) atoms. The Morgan fingerprint density at radius 3 is 1.82 bits per heavy atom. The third-order valence-corrected chi connectivity index (χ3v) is 7.98. The minimum atomic E-state index is -1.06. The van der Waals surface area contributed by atoms with Crippen LogP contribution in [0, 0.1) is 0 Å². The Hall–Kier alpha value is -2.83. The highest BCUT2D eigenvalue weighted by Gasteiger charge is 2.29. The van der Waals surface area contributed by atoms with E-state index in [2.05, 4.69) is 25.7 Å². The maximum atomic E-state index is 13.2. The molecule has 0 radical (unpaired) electrons. The second-order valence-corrected chi connectivity index (χ2v) is 11.0. The molecule has 1 aromatic heterocycles. The highest BCUT2D eigenvalue weighted by Crippen LogP contribution is 2.23. The first-order valence-electron chi connectivity index (χ1n) is 15.7. The number of hydrogen-bond acceptors (Lipinski definition) is 5. The number of likely N-dealkylation sites (N-methyl/N-ethyl adjacent to an activating group) is 1. The third kappa shape index (κ3) is 10.6. The van der Waals surface area contributed by atoms with Gasteiger partial charge in [0.05, 0.1) is 0 Å². The van der Waals surface area contributed by atoms with E-state index in [1.165, 1.54) is 82.2 Å². The monoisotopic (exact) mass is 556 g/mol. The van der Waals surface area contributed by atoms with Crippen LogP contribution in [0.1, 0.15) is 127 Å². The molecule has 1 unspecified atom stereocenters. The molecule has 1 aromatic carbocycles. The fourth-order valence-electron chi connectivity index (χ4n) is 5.38. The van der Waals surface area contributed by atoms with E-state index in [0.29, 0.717) is 17.4 Å². The molecule has 7 heteroatoms. The van der Waals surface area contributed by atoms with Crippen molar-refractivity contribution >= 4 is 28.5 Å². The predicted octanol–water partition coefficient (Wildman–Crippen LogP) is 8.04. The first kappa shape index (κ1) is 33.4. The summed E-state index contributed by atoms with van der Waals surface area (Å²) in [6.07, 6.45) is 17.5. The standard InChI is InChI=1S/C33H52N2O5/c1-5-8-9-10-11-12-13-14-15-16-17-18-19-20-21-29(32(37)38)34(4)31(36)28-24-26-22-23-27(35(6-2)7-3)25-30(26)40-33(28)39/h22-25,29H,5-21H2,1-4H3,(H,37,38). The first-order valence-corrected chi connectivity index (χ1v) is 15.7. The Labute approximate surface area is 240 Å². The normalized spacial score (nSPS) is 12.0. The average molecular weight is 557 g/mol. The summed E-state index contributed by atoms with van der Waals surface area (Å²) in [5.74, 6) is -1.68. The van der Waals surface area contributed by atoms with Gasteiger partial charge in [-0.2, -0.15) is 0 Å². The number of benzene rings is 1. The van der Waals surface area contributed by atoms with Gasteiger partial charge in [-0.3, -0.25) is 4.79 Å². The Morgan fingerprint density at radius 1 is 0.800 bits per heavy atom. The van der Waals surface area contributed by atoms with Gasteiger partial charge < -0.3 is 19.3 Å². The van der Waals surface area contributed by atoms with Crippen LogP contribution in [0.4, 0.5) is 5.69 Å². The molecule has 2 rings (SSSR count). The molecule has 1 amide bonds. The van der Waals surface area contributed by atoms with Crippen LogP contribution < -0.4 is 10.5 Å². The van der Waals surface area contributed by atoms with Crippen molar-refractivity contribution in [3.63, 3.8) is 0 Å². The lowest BCUT2D eigenvalue weighted by Crippen LogP contribution is -2.43. The molecular formula is C33H52N2O5. The van der Waals surface area contributed by atoms with E-state index in [4.69, 9.17) is 4.42 Å². The molecule has 224 valence electrons. The van der Waals surface area contributed by atoms with Crippen LogP contribution in [-0.4, -0.2) is 48.1 Å². The number of anilines is 1. The second kappa shape index (κ2) is 18.5. The highest BCUT2D eigenvalue weighted by molar-refractivity contribution is 5.98. The summed E-state index contributed by atoms with van der Waals surface area (Å²) in [5, 5.41) is 10.4. The van der Waals surface area contributed by atoms with E-state index in [9.17, 15) is 19.5 Å². The largest absolute Gasteiger partial charge is 0.480 e. The van der Waals surface area contributed by atoms with Crippen molar-refractivity contribution in [3.8, 4) is 0 Å². The molecular weight excluding hydrogens is 504 g/mol. The summed E-state index contributed by atoms with van der Waals surface area (Å²) >= 11 is 0. The van der Waals surface area contributed by atoms with Crippen molar-refractivity contribution in [1.82, 2.24) is 4.90 Å². The third-order valence-electron chi connectivity index (χ3n) is 7.98. The number of hydrogen-bond donors (Lipinski definition) is 1. The lowest BCUT2D eigenvalue weighted by molar-refractivity contribution is -0.142. The van der Waals surface area contributed by atoms with Crippen LogP contribution in [0.15, 0.2) is 33.5 Å². The topological polar surface area (TPSA) is 91.1 Å². The average Bonchev–Trinajstić information content (AvgIpc) is 2.94. The Morgan fingerprint density at radius 2 is 1.32 bits per heavy atom. The Bertz CT molecular complexity index is 1090. The molecule has 2 aromatic rings. The van der Waals surface area contributed by atoms with Crippen LogP contribution in [0.5, 0.6) is 0 Å². The molecule has 0 bridgehead atoms. The van der Waals surface area contributed by atoms with Crippen LogP contribution in [0.2, 0.25) is 0 Å². The molecule has 0 aliphatic rings. The summed E-state index contributed by atoms with van der Waals surface area (Å²) in [4.78, 5) is 41.2. The predicted molar refractivity (Wildman–Crippen MR) is 164 cm³/mol. The smallest absolute Gasteiger partial charge is 0.349 e. The van der Waals surface area contributed by atoms with Crippen molar-refractivity contribution in [2.75, 3.05) is 25.0 Å². The summed E-state index contributed by atoms with van der Waals surface area (Å²) in [6, 6.07) is 6.09. The zero-order valence-electron chi connectivity index (χ0n) is 25.4. The number of fused-ring (bicyclic) bond motifs is 1. The molecule has 1 heterocycles. The molecule has 7 nitrogen and oxygen atoms in total. The van der Waals surface area contributed by atoms with E-state index >= 15 is 0 Å². The SMILES string of the molecule is CCCCCCCCCCCCCCCCC(C(=O)O)N(C)C(=O)c1cc2ccc(N(CC)CC)cc2oc1=O.